The van der Waals surface area contributed by atoms with Crippen molar-refractivity contribution in [2.24, 2.45) is 28.4 Å². The Balaban J connectivity index is 1.87. The third kappa shape index (κ3) is 9.65. The second-order valence-corrected chi connectivity index (χ2v) is 18.0. The monoisotopic (exact) mass is 653 g/mol. The zero-order valence-electron chi connectivity index (χ0n) is 28.2. The Morgan fingerprint density at radius 3 is 2.02 bits per heavy atom. The molecule has 3 rings (SSSR count). The molecule has 13 heteroatoms. The summed E-state index contributed by atoms with van der Waals surface area (Å²) in [6.07, 6.45) is 6.26. The van der Waals surface area contributed by atoms with Crippen molar-refractivity contribution in [3.05, 3.63) is 0 Å². The predicted molar refractivity (Wildman–Crippen MR) is 172 cm³/mol. The molecule has 0 aromatic heterocycles. The maximum Gasteiger partial charge on any atom is 0.315 e. The Labute approximate surface area is 268 Å². The number of amides is 5. The van der Waals surface area contributed by atoms with Gasteiger partial charge in [-0.2, -0.15) is 0 Å². The molecule has 0 spiro atoms. The average Bonchev–Trinajstić information content (AvgIpc) is 3.62. The Morgan fingerprint density at radius 2 is 1.53 bits per heavy atom. The summed E-state index contributed by atoms with van der Waals surface area (Å²) in [7, 11) is -3.39. The Bertz CT molecular complexity index is 1240. The molecule has 5 N–H and O–H groups in total. The summed E-state index contributed by atoms with van der Waals surface area (Å²) in [4.78, 5) is 67.8. The molecule has 256 valence electrons. The topological polar surface area (TPSA) is 185 Å². The van der Waals surface area contributed by atoms with Crippen LogP contribution < -0.4 is 21.7 Å². The van der Waals surface area contributed by atoms with Crippen LogP contribution in [0.5, 0.6) is 0 Å². The number of Topliss-reactive ketones (excluding diaryl/α,β-unsaturated/α-hetero) is 1. The van der Waals surface area contributed by atoms with Crippen molar-refractivity contribution < 1.29 is 32.4 Å². The van der Waals surface area contributed by atoms with Crippen molar-refractivity contribution in [2.75, 3.05) is 18.1 Å². The van der Waals surface area contributed by atoms with Crippen LogP contribution in [0.15, 0.2) is 0 Å². The lowest BCUT2D eigenvalue weighted by molar-refractivity contribution is -0.145. The van der Waals surface area contributed by atoms with Gasteiger partial charge in [0.1, 0.15) is 12.1 Å². The molecule has 0 bridgehead atoms. The number of hydrogen-bond donors (Lipinski definition) is 4. The van der Waals surface area contributed by atoms with E-state index in [2.05, 4.69) is 16.0 Å². The summed E-state index contributed by atoms with van der Waals surface area (Å²) >= 11 is 0. The van der Waals surface area contributed by atoms with Crippen molar-refractivity contribution in [2.45, 2.75) is 130 Å². The number of hydrogen-bond acceptors (Lipinski definition) is 7. The van der Waals surface area contributed by atoms with Crippen molar-refractivity contribution >= 4 is 39.4 Å². The lowest BCUT2D eigenvalue weighted by Crippen LogP contribution is -2.63. The lowest BCUT2D eigenvalue weighted by Gasteiger charge is -2.40. The summed E-state index contributed by atoms with van der Waals surface area (Å²) in [6, 6.07) is -3.66. The standard InChI is InChI=1S/C32H55N5O7S/c1-8-45(43,44)19-32(15-10-9-11-16-32)36-29(42)35-25(31(5,6)7)28(41)37-17-14-21(30(2,3)4)23(37)27(40)34-22(18-20-12-13-20)24(38)26(33)39/h20-23,25H,8-19H2,1-7H3,(H2,33,39)(H,34,40)(H2,35,36,42)/t21?,22?,23?,25-/m1/s1. The molecule has 1 heterocycles. The number of likely N-dealkylation sites (tertiary alicyclic amines) is 1. The summed E-state index contributed by atoms with van der Waals surface area (Å²) in [6.45, 7) is 13.3. The molecule has 3 fully saturated rings. The number of nitrogens with zero attached hydrogens (tertiary/aromatic N) is 1. The van der Waals surface area contributed by atoms with Crippen LogP contribution >= 0.6 is 0 Å². The summed E-state index contributed by atoms with van der Waals surface area (Å²) in [5, 5.41) is 8.56. The van der Waals surface area contributed by atoms with E-state index in [1.54, 1.807) is 6.92 Å². The van der Waals surface area contributed by atoms with Crippen LogP contribution in [0.2, 0.25) is 0 Å². The van der Waals surface area contributed by atoms with Gasteiger partial charge in [-0.15, -0.1) is 0 Å². The molecular weight excluding hydrogens is 598 g/mol. The Hall–Kier alpha value is -2.70. The highest BCUT2D eigenvalue weighted by Gasteiger charge is 2.50. The molecule has 2 saturated carbocycles. The first-order valence-electron chi connectivity index (χ1n) is 16.4. The molecule has 12 nitrogen and oxygen atoms in total. The normalized spacial score (nSPS) is 23.5. The fourth-order valence-electron chi connectivity index (χ4n) is 6.90. The van der Waals surface area contributed by atoms with Gasteiger partial charge in [0.05, 0.1) is 17.3 Å². The van der Waals surface area contributed by atoms with Crippen molar-refractivity contribution in [3.63, 3.8) is 0 Å². The van der Waals surface area contributed by atoms with E-state index in [1.807, 2.05) is 41.5 Å². The van der Waals surface area contributed by atoms with E-state index in [0.29, 0.717) is 25.7 Å². The van der Waals surface area contributed by atoms with Crippen molar-refractivity contribution in [1.82, 2.24) is 20.9 Å². The quantitative estimate of drug-likeness (QED) is 0.233. The van der Waals surface area contributed by atoms with Crippen LogP contribution in [0.1, 0.15) is 106 Å². The van der Waals surface area contributed by atoms with Crippen LogP contribution in [0, 0.1) is 22.7 Å². The van der Waals surface area contributed by atoms with Gasteiger partial charge >= 0.3 is 6.03 Å². The summed E-state index contributed by atoms with van der Waals surface area (Å²) < 4.78 is 25.3. The second-order valence-electron chi connectivity index (χ2n) is 15.6. The fourth-order valence-corrected chi connectivity index (χ4v) is 8.30. The Morgan fingerprint density at radius 1 is 0.933 bits per heavy atom. The van der Waals surface area contributed by atoms with Gasteiger partial charge < -0.3 is 26.6 Å². The van der Waals surface area contributed by atoms with Gasteiger partial charge in [0.2, 0.25) is 17.6 Å². The molecule has 0 aromatic carbocycles. The van der Waals surface area contributed by atoms with E-state index < -0.39 is 68.5 Å². The maximum atomic E-state index is 14.3. The molecule has 1 aliphatic heterocycles. The zero-order chi connectivity index (χ0) is 34.0. The first kappa shape index (κ1) is 36.8. The van der Waals surface area contributed by atoms with Crippen molar-refractivity contribution in [3.8, 4) is 0 Å². The van der Waals surface area contributed by atoms with E-state index in [4.69, 9.17) is 5.73 Å². The molecule has 3 unspecified atom stereocenters. The number of nitrogens with two attached hydrogens (primary N) is 1. The van der Waals surface area contributed by atoms with Gasteiger partial charge in [-0.05, 0) is 48.3 Å². The highest BCUT2D eigenvalue weighted by molar-refractivity contribution is 7.91. The minimum absolute atomic E-state index is 0.0267. The smallest absolute Gasteiger partial charge is 0.315 e. The number of ketones is 1. The lowest BCUT2D eigenvalue weighted by atomic mass is 9.75. The first-order valence-corrected chi connectivity index (χ1v) is 18.3. The fraction of sp³-hybridized carbons (Fsp3) is 0.844. The highest BCUT2D eigenvalue weighted by atomic mass is 32.2. The van der Waals surface area contributed by atoms with Crippen LogP contribution in [0.3, 0.4) is 0 Å². The van der Waals surface area contributed by atoms with E-state index >= 15 is 0 Å². The first-order chi connectivity index (χ1) is 20.7. The molecular formula is C32H55N5O7S. The molecule has 2 aliphatic carbocycles. The van der Waals surface area contributed by atoms with E-state index in [0.717, 1.165) is 32.1 Å². The third-order valence-electron chi connectivity index (χ3n) is 9.72. The van der Waals surface area contributed by atoms with Gasteiger partial charge in [-0.1, -0.05) is 80.6 Å². The van der Waals surface area contributed by atoms with Gasteiger partial charge in [0.25, 0.3) is 5.91 Å². The van der Waals surface area contributed by atoms with E-state index in [1.165, 1.54) is 4.90 Å². The minimum Gasteiger partial charge on any atom is -0.363 e. The number of carbonyl (C=O) groups excluding carboxylic acids is 5. The van der Waals surface area contributed by atoms with Crippen LogP contribution in [-0.4, -0.2) is 84.6 Å². The van der Waals surface area contributed by atoms with E-state index in [-0.39, 0.29) is 35.3 Å². The molecule has 3 aliphatic rings. The molecule has 0 radical (unpaired) electrons. The van der Waals surface area contributed by atoms with Crippen LogP contribution in [0.4, 0.5) is 4.79 Å². The van der Waals surface area contributed by atoms with Crippen LogP contribution in [-0.2, 0) is 29.0 Å². The van der Waals surface area contributed by atoms with Gasteiger partial charge in [0.15, 0.2) is 9.84 Å². The molecule has 5 amide bonds. The number of rotatable bonds is 12. The number of primary amides is 1. The zero-order valence-corrected chi connectivity index (χ0v) is 29.0. The molecule has 0 aromatic rings. The molecule has 45 heavy (non-hydrogen) atoms. The largest absolute Gasteiger partial charge is 0.363 e. The second kappa shape index (κ2) is 14.0. The Kier molecular flexibility index (Phi) is 11.4. The summed E-state index contributed by atoms with van der Waals surface area (Å²) in [5.41, 5.74) is 3.24. The van der Waals surface area contributed by atoms with Gasteiger partial charge in [-0.3, -0.25) is 19.2 Å². The minimum atomic E-state index is -3.39. The maximum absolute atomic E-state index is 14.3. The number of nitrogens with one attached hydrogen (secondary N) is 3. The van der Waals surface area contributed by atoms with Gasteiger partial charge in [0, 0.05) is 12.3 Å². The number of carbonyl (C=O) groups is 5. The van der Waals surface area contributed by atoms with E-state index in [9.17, 15) is 32.4 Å². The average molecular weight is 654 g/mol. The summed E-state index contributed by atoms with van der Waals surface area (Å²) in [5.74, 6) is -3.15. The van der Waals surface area contributed by atoms with Crippen molar-refractivity contribution in [1.29, 1.82) is 0 Å². The SMILES string of the molecule is CCS(=O)(=O)CC1(NC(=O)N[C@H](C(=O)N2CCC(C(C)(C)C)C2C(=O)NC(CC2CC2)C(=O)C(N)=O)C(C)(C)C)CCCCC1. The number of urea groups is 1. The number of sulfone groups is 1. The predicted octanol–water partition coefficient (Wildman–Crippen LogP) is 2.44. The molecule has 1 saturated heterocycles. The van der Waals surface area contributed by atoms with Crippen LogP contribution in [0.25, 0.3) is 0 Å². The highest BCUT2D eigenvalue weighted by Crippen LogP contribution is 2.40. The third-order valence-corrected chi connectivity index (χ3v) is 11.6. The van der Waals surface area contributed by atoms with Gasteiger partial charge in [-0.25, -0.2) is 13.2 Å². The molecule has 4 atom stereocenters.